The van der Waals surface area contributed by atoms with Gasteiger partial charge in [-0.15, -0.1) is 0 Å². The standard InChI is InChI=1S/C18H17FN4OS/c1-23(25(2)24)17-6-4-3-5-13(17)12-7-8-14(15(19)9-12)16-10-22-18(20)11-21-16/h3-11H,1-2H3,(H2,20,22). The quantitative estimate of drug-likeness (QED) is 0.779. The molecule has 0 aliphatic heterocycles. The zero-order valence-corrected chi connectivity index (χ0v) is 14.6. The van der Waals surface area contributed by atoms with E-state index < -0.39 is 16.8 Å². The lowest BCUT2D eigenvalue weighted by atomic mass is 10.0. The predicted octanol–water partition coefficient (Wildman–Crippen LogP) is 3.26. The van der Waals surface area contributed by atoms with Crippen molar-refractivity contribution in [2.75, 3.05) is 23.3 Å². The molecule has 128 valence electrons. The number of anilines is 2. The van der Waals surface area contributed by atoms with Crippen LogP contribution in [0.25, 0.3) is 22.4 Å². The molecule has 0 fully saturated rings. The lowest BCUT2D eigenvalue weighted by Crippen LogP contribution is -2.19. The highest BCUT2D eigenvalue weighted by Gasteiger charge is 2.14. The van der Waals surface area contributed by atoms with Crippen LogP contribution < -0.4 is 10.0 Å². The van der Waals surface area contributed by atoms with Crippen LogP contribution in [0.15, 0.2) is 54.9 Å². The summed E-state index contributed by atoms with van der Waals surface area (Å²) in [5.41, 5.74) is 8.54. The summed E-state index contributed by atoms with van der Waals surface area (Å²) in [5, 5.41) is 0. The predicted molar refractivity (Wildman–Crippen MR) is 99.7 cm³/mol. The van der Waals surface area contributed by atoms with E-state index in [0.717, 1.165) is 11.3 Å². The molecule has 0 bridgehead atoms. The van der Waals surface area contributed by atoms with Gasteiger partial charge < -0.3 is 5.73 Å². The Morgan fingerprint density at radius 2 is 1.84 bits per heavy atom. The van der Waals surface area contributed by atoms with Crippen molar-refractivity contribution >= 4 is 22.5 Å². The minimum Gasteiger partial charge on any atom is -0.382 e. The lowest BCUT2D eigenvalue weighted by molar-refractivity contribution is 0.631. The molecule has 25 heavy (non-hydrogen) atoms. The zero-order valence-electron chi connectivity index (χ0n) is 13.8. The van der Waals surface area contributed by atoms with Crippen LogP contribution in [-0.2, 0) is 11.0 Å². The third kappa shape index (κ3) is 3.51. The van der Waals surface area contributed by atoms with Gasteiger partial charge in [-0.2, -0.15) is 0 Å². The molecule has 0 amide bonds. The zero-order chi connectivity index (χ0) is 18.0. The number of hydrogen-bond acceptors (Lipinski definition) is 4. The molecule has 0 saturated carbocycles. The molecule has 3 aromatic rings. The molecule has 0 radical (unpaired) electrons. The van der Waals surface area contributed by atoms with Crippen LogP contribution in [0.1, 0.15) is 0 Å². The molecule has 3 rings (SSSR count). The lowest BCUT2D eigenvalue weighted by Gasteiger charge is -2.19. The third-order valence-electron chi connectivity index (χ3n) is 3.86. The molecular formula is C18H17FN4OS. The number of nitrogens with two attached hydrogens (primary N) is 1. The largest absolute Gasteiger partial charge is 0.382 e. The van der Waals surface area contributed by atoms with Crippen molar-refractivity contribution in [2.24, 2.45) is 0 Å². The van der Waals surface area contributed by atoms with Gasteiger partial charge in [0.2, 0.25) is 0 Å². The van der Waals surface area contributed by atoms with Crippen molar-refractivity contribution in [3.63, 3.8) is 0 Å². The van der Waals surface area contributed by atoms with Gasteiger partial charge in [0.05, 0.1) is 23.8 Å². The fraction of sp³-hybridized carbons (Fsp3) is 0.111. The molecule has 0 spiro atoms. The topological polar surface area (TPSA) is 72.1 Å². The Morgan fingerprint density at radius 1 is 1.08 bits per heavy atom. The Morgan fingerprint density at radius 3 is 2.48 bits per heavy atom. The molecule has 2 N–H and O–H groups in total. The number of aromatic nitrogens is 2. The average molecular weight is 356 g/mol. The van der Waals surface area contributed by atoms with E-state index in [-0.39, 0.29) is 5.82 Å². The molecule has 1 heterocycles. The van der Waals surface area contributed by atoms with E-state index in [1.54, 1.807) is 23.7 Å². The number of benzene rings is 2. The molecule has 1 atom stereocenters. The van der Waals surface area contributed by atoms with Crippen molar-refractivity contribution in [3.05, 3.63) is 60.7 Å². The number of para-hydroxylation sites is 1. The van der Waals surface area contributed by atoms with E-state index >= 15 is 0 Å². The van der Waals surface area contributed by atoms with E-state index in [2.05, 4.69) is 9.97 Å². The number of hydrogen-bond donors (Lipinski definition) is 1. The van der Waals surface area contributed by atoms with Crippen LogP contribution in [0.3, 0.4) is 0 Å². The summed E-state index contributed by atoms with van der Waals surface area (Å²) in [6.45, 7) is 0. The SMILES string of the molecule is CN(c1ccccc1-c1ccc(-c2cnc(N)cn2)c(F)c1)S(C)=O. The van der Waals surface area contributed by atoms with E-state index in [0.29, 0.717) is 16.8 Å². The maximum Gasteiger partial charge on any atom is 0.141 e. The van der Waals surface area contributed by atoms with E-state index in [4.69, 9.17) is 5.73 Å². The fourth-order valence-corrected chi connectivity index (χ4v) is 2.93. The van der Waals surface area contributed by atoms with Crippen LogP contribution in [0.5, 0.6) is 0 Å². The molecular weight excluding hydrogens is 339 g/mol. The van der Waals surface area contributed by atoms with Crippen molar-refractivity contribution < 1.29 is 8.60 Å². The summed E-state index contributed by atoms with van der Waals surface area (Å²) >= 11 is 0. The van der Waals surface area contributed by atoms with Gasteiger partial charge >= 0.3 is 0 Å². The van der Waals surface area contributed by atoms with Gasteiger partial charge in [0.1, 0.15) is 22.6 Å². The van der Waals surface area contributed by atoms with Gasteiger partial charge in [0.15, 0.2) is 0 Å². The molecule has 7 heteroatoms. The highest BCUT2D eigenvalue weighted by Crippen LogP contribution is 2.33. The van der Waals surface area contributed by atoms with Gasteiger partial charge in [0, 0.05) is 24.4 Å². The summed E-state index contributed by atoms with van der Waals surface area (Å²) in [6.07, 6.45) is 4.43. The number of rotatable bonds is 4. The first-order valence-corrected chi connectivity index (χ1v) is 9.03. The van der Waals surface area contributed by atoms with Crippen LogP contribution in [-0.4, -0.2) is 27.5 Å². The van der Waals surface area contributed by atoms with E-state index in [1.165, 1.54) is 18.5 Å². The summed E-state index contributed by atoms with van der Waals surface area (Å²) in [7, 11) is 0.562. The molecule has 2 aromatic carbocycles. The maximum absolute atomic E-state index is 14.6. The smallest absolute Gasteiger partial charge is 0.141 e. The monoisotopic (exact) mass is 356 g/mol. The molecule has 0 aliphatic rings. The Bertz CT molecular complexity index is 931. The van der Waals surface area contributed by atoms with Crippen molar-refractivity contribution in [1.29, 1.82) is 0 Å². The first kappa shape index (κ1) is 17.0. The molecule has 1 aromatic heterocycles. The Balaban J connectivity index is 2.05. The molecule has 1 unspecified atom stereocenters. The Kier molecular flexibility index (Phi) is 4.76. The first-order chi connectivity index (χ1) is 12.0. The van der Waals surface area contributed by atoms with Crippen LogP contribution in [0.4, 0.5) is 15.9 Å². The van der Waals surface area contributed by atoms with Crippen LogP contribution in [0, 0.1) is 5.82 Å². The summed E-state index contributed by atoms with van der Waals surface area (Å²) < 4.78 is 28.1. The third-order valence-corrected chi connectivity index (χ3v) is 4.82. The number of nitrogen functional groups attached to an aromatic ring is 1. The van der Waals surface area contributed by atoms with Crippen LogP contribution >= 0.6 is 0 Å². The van der Waals surface area contributed by atoms with Gasteiger partial charge in [-0.05, 0) is 23.8 Å². The van der Waals surface area contributed by atoms with Gasteiger partial charge in [0.25, 0.3) is 0 Å². The molecule has 5 nitrogen and oxygen atoms in total. The minimum atomic E-state index is -1.18. The van der Waals surface area contributed by atoms with E-state index in [9.17, 15) is 8.60 Å². The first-order valence-electron chi connectivity index (χ1n) is 7.51. The highest BCUT2D eigenvalue weighted by molar-refractivity contribution is 7.85. The summed E-state index contributed by atoms with van der Waals surface area (Å²) in [5.74, 6) is -0.128. The van der Waals surface area contributed by atoms with E-state index in [1.807, 2.05) is 30.3 Å². The second-order valence-electron chi connectivity index (χ2n) is 5.46. The molecule has 0 aliphatic carbocycles. The fourth-order valence-electron chi connectivity index (χ4n) is 2.50. The van der Waals surface area contributed by atoms with Gasteiger partial charge in [-0.3, -0.25) is 9.29 Å². The number of nitrogens with zero attached hydrogens (tertiary/aromatic N) is 3. The van der Waals surface area contributed by atoms with Gasteiger partial charge in [-0.1, -0.05) is 24.3 Å². The second kappa shape index (κ2) is 6.98. The normalized spacial score (nSPS) is 12.0. The summed E-state index contributed by atoms with van der Waals surface area (Å²) in [6, 6.07) is 12.4. The highest BCUT2D eigenvalue weighted by atomic mass is 32.2. The Labute approximate surface area is 147 Å². The second-order valence-corrected chi connectivity index (χ2v) is 6.85. The van der Waals surface area contributed by atoms with Crippen LogP contribution in [0.2, 0.25) is 0 Å². The minimum absolute atomic E-state index is 0.283. The maximum atomic E-state index is 14.6. The van der Waals surface area contributed by atoms with Crippen molar-refractivity contribution in [3.8, 4) is 22.4 Å². The number of halogens is 1. The summed E-state index contributed by atoms with van der Waals surface area (Å²) in [4.78, 5) is 8.05. The molecule has 0 saturated heterocycles. The average Bonchev–Trinajstić information content (AvgIpc) is 2.62. The van der Waals surface area contributed by atoms with Crippen molar-refractivity contribution in [2.45, 2.75) is 0 Å². The van der Waals surface area contributed by atoms with Gasteiger partial charge in [-0.25, -0.2) is 13.6 Å². The Hall–Kier alpha value is -2.80. The van der Waals surface area contributed by atoms with Crippen molar-refractivity contribution in [1.82, 2.24) is 9.97 Å².